The Hall–Kier alpha value is -3.62. The fourth-order valence-electron chi connectivity index (χ4n) is 4.18. The first-order valence-corrected chi connectivity index (χ1v) is 11.0. The van der Waals surface area contributed by atoms with Crippen molar-refractivity contribution >= 4 is 40.5 Å². The predicted octanol–water partition coefficient (Wildman–Crippen LogP) is 4.31. The number of carboxylic acid groups (broad SMARTS) is 1. The van der Waals surface area contributed by atoms with Crippen molar-refractivity contribution < 1.29 is 15.0 Å². The molecule has 0 spiro atoms. The number of aromatic carboxylic acids is 1. The molecular formula is C24H22ClN5O3. The maximum atomic E-state index is 11.2. The number of aromatic nitrogens is 3. The van der Waals surface area contributed by atoms with E-state index < -0.39 is 11.6 Å². The van der Waals surface area contributed by atoms with E-state index in [1.165, 1.54) is 12.1 Å². The van der Waals surface area contributed by atoms with Gasteiger partial charge in [-0.2, -0.15) is 4.98 Å². The molecule has 2 aromatic heterocycles. The van der Waals surface area contributed by atoms with Crippen molar-refractivity contribution in [3.05, 3.63) is 83.0 Å². The minimum absolute atomic E-state index is 0.217. The third-order valence-corrected chi connectivity index (χ3v) is 6.29. The third kappa shape index (κ3) is 4.22. The van der Waals surface area contributed by atoms with Crippen LogP contribution in [-0.4, -0.2) is 43.9 Å². The second kappa shape index (κ2) is 8.38. The van der Waals surface area contributed by atoms with Crippen molar-refractivity contribution in [2.45, 2.75) is 18.4 Å². The van der Waals surface area contributed by atoms with Crippen LogP contribution in [0.4, 0.5) is 17.3 Å². The summed E-state index contributed by atoms with van der Waals surface area (Å²) >= 11 is 5.99. The van der Waals surface area contributed by atoms with Gasteiger partial charge in [0.2, 0.25) is 5.95 Å². The molecule has 0 radical (unpaired) electrons. The molecule has 9 heteroatoms. The summed E-state index contributed by atoms with van der Waals surface area (Å²) in [6.45, 7) is 1.34. The number of aliphatic hydroxyl groups is 1. The predicted molar refractivity (Wildman–Crippen MR) is 126 cm³/mol. The molecule has 8 nitrogen and oxygen atoms in total. The van der Waals surface area contributed by atoms with E-state index in [2.05, 4.69) is 20.3 Å². The van der Waals surface area contributed by atoms with Gasteiger partial charge in [-0.3, -0.25) is 0 Å². The van der Waals surface area contributed by atoms with Crippen LogP contribution in [0.1, 0.15) is 28.8 Å². The Kier molecular flexibility index (Phi) is 5.39. The normalized spacial score (nSPS) is 15.5. The summed E-state index contributed by atoms with van der Waals surface area (Å²) in [5.74, 6) is -0.554. The number of piperidine rings is 1. The average molecular weight is 464 g/mol. The SMILES string of the molecule is O=C(O)c1ccc(Nc2nc3c(N4CCC(O)(c5ccc(Cl)cc5)CC4)cccn3n2)cc1. The van der Waals surface area contributed by atoms with Gasteiger partial charge in [-0.05, 0) is 66.9 Å². The third-order valence-electron chi connectivity index (χ3n) is 6.04. The molecule has 5 rings (SSSR count). The number of nitrogens with zero attached hydrogens (tertiary/aromatic N) is 4. The highest BCUT2D eigenvalue weighted by Crippen LogP contribution is 2.36. The molecule has 3 N–H and O–H groups in total. The van der Waals surface area contributed by atoms with Crippen molar-refractivity contribution in [2.24, 2.45) is 0 Å². The molecule has 0 saturated carbocycles. The number of anilines is 3. The Morgan fingerprint density at radius 3 is 2.39 bits per heavy atom. The molecule has 33 heavy (non-hydrogen) atoms. The van der Waals surface area contributed by atoms with Gasteiger partial charge < -0.3 is 20.4 Å². The molecule has 0 unspecified atom stereocenters. The summed E-state index contributed by atoms with van der Waals surface area (Å²) in [6.07, 6.45) is 3.01. The van der Waals surface area contributed by atoms with Crippen LogP contribution in [0.2, 0.25) is 5.02 Å². The number of carbonyl (C=O) groups is 1. The molecule has 0 atom stereocenters. The highest BCUT2D eigenvalue weighted by Gasteiger charge is 2.34. The quantitative estimate of drug-likeness (QED) is 0.405. The maximum Gasteiger partial charge on any atom is 0.335 e. The van der Waals surface area contributed by atoms with Crippen LogP contribution in [0.15, 0.2) is 66.9 Å². The van der Waals surface area contributed by atoms with Gasteiger partial charge in [-0.1, -0.05) is 23.7 Å². The van der Waals surface area contributed by atoms with E-state index in [1.54, 1.807) is 16.6 Å². The number of rotatable bonds is 5. The maximum absolute atomic E-state index is 11.2. The molecule has 0 amide bonds. The zero-order chi connectivity index (χ0) is 23.0. The minimum Gasteiger partial charge on any atom is -0.478 e. The lowest BCUT2D eigenvalue weighted by Gasteiger charge is -2.39. The minimum atomic E-state index is -0.971. The van der Waals surface area contributed by atoms with Crippen molar-refractivity contribution in [1.29, 1.82) is 0 Å². The lowest BCUT2D eigenvalue weighted by Crippen LogP contribution is -2.42. The molecular weight excluding hydrogens is 442 g/mol. The first-order valence-electron chi connectivity index (χ1n) is 10.6. The summed E-state index contributed by atoms with van der Waals surface area (Å²) in [6, 6.07) is 17.7. The van der Waals surface area contributed by atoms with Crippen LogP contribution in [-0.2, 0) is 5.60 Å². The fraction of sp³-hybridized carbons (Fsp3) is 0.208. The molecule has 1 aliphatic rings. The lowest BCUT2D eigenvalue weighted by atomic mass is 9.84. The molecule has 4 aromatic rings. The Labute approximate surface area is 195 Å². The topological polar surface area (TPSA) is 103 Å². The van der Waals surface area contributed by atoms with E-state index in [9.17, 15) is 9.90 Å². The van der Waals surface area contributed by atoms with Crippen LogP contribution in [0.5, 0.6) is 0 Å². The summed E-state index contributed by atoms with van der Waals surface area (Å²) < 4.78 is 1.71. The molecule has 1 fully saturated rings. The Morgan fingerprint density at radius 2 is 1.73 bits per heavy atom. The largest absolute Gasteiger partial charge is 0.478 e. The smallest absolute Gasteiger partial charge is 0.335 e. The molecule has 2 aromatic carbocycles. The van der Waals surface area contributed by atoms with E-state index in [4.69, 9.17) is 16.7 Å². The number of nitrogens with one attached hydrogen (secondary N) is 1. The van der Waals surface area contributed by atoms with Gasteiger partial charge in [-0.25, -0.2) is 9.31 Å². The van der Waals surface area contributed by atoms with Crippen molar-refractivity contribution in [3.63, 3.8) is 0 Å². The average Bonchev–Trinajstić information content (AvgIpc) is 3.23. The second-order valence-corrected chi connectivity index (χ2v) is 8.57. The van der Waals surface area contributed by atoms with E-state index in [1.807, 2.05) is 42.6 Å². The van der Waals surface area contributed by atoms with Gasteiger partial charge in [-0.15, -0.1) is 5.10 Å². The Balaban J connectivity index is 1.34. The first kappa shape index (κ1) is 21.2. The summed E-state index contributed by atoms with van der Waals surface area (Å²) in [7, 11) is 0. The van der Waals surface area contributed by atoms with E-state index >= 15 is 0 Å². The second-order valence-electron chi connectivity index (χ2n) is 8.13. The molecule has 3 heterocycles. The zero-order valence-corrected chi connectivity index (χ0v) is 18.4. The standard InChI is InChI=1S/C24H22ClN5O3/c25-18-7-5-17(6-8-18)24(33)11-14-29(15-12-24)20-2-1-13-30-21(20)27-23(28-30)26-19-9-3-16(4-10-19)22(31)32/h1-10,13,33H,11-12,14-15H2,(H,26,28)(H,31,32). The number of carboxylic acids is 1. The van der Waals surface area contributed by atoms with Crippen LogP contribution in [0, 0.1) is 0 Å². The number of hydrogen-bond donors (Lipinski definition) is 3. The van der Waals surface area contributed by atoms with Gasteiger partial charge in [0, 0.05) is 30.0 Å². The van der Waals surface area contributed by atoms with E-state index in [0.29, 0.717) is 48.2 Å². The summed E-state index contributed by atoms with van der Waals surface area (Å²) in [4.78, 5) is 17.9. The van der Waals surface area contributed by atoms with E-state index in [-0.39, 0.29) is 5.56 Å². The molecule has 1 aliphatic heterocycles. The highest BCUT2D eigenvalue weighted by atomic mass is 35.5. The number of hydrogen-bond acceptors (Lipinski definition) is 6. The van der Waals surface area contributed by atoms with Gasteiger partial charge in [0.1, 0.15) is 0 Å². The molecule has 0 aliphatic carbocycles. The summed E-state index contributed by atoms with van der Waals surface area (Å²) in [5, 5.41) is 28.5. The summed E-state index contributed by atoms with van der Waals surface area (Å²) in [5.41, 5.74) is 2.57. The van der Waals surface area contributed by atoms with Crippen LogP contribution >= 0.6 is 11.6 Å². The monoisotopic (exact) mass is 463 g/mol. The number of halogens is 1. The Morgan fingerprint density at radius 1 is 1.03 bits per heavy atom. The molecule has 168 valence electrons. The van der Waals surface area contributed by atoms with Gasteiger partial charge in [0.25, 0.3) is 0 Å². The van der Waals surface area contributed by atoms with Crippen molar-refractivity contribution in [3.8, 4) is 0 Å². The Bertz CT molecular complexity index is 1300. The van der Waals surface area contributed by atoms with Crippen molar-refractivity contribution in [1.82, 2.24) is 14.6 Å². The fourth-order valence-corrected chi connectivity index (χ4v) is 4.31. The van der Waals surface area contributed by atoms with Crippen LogP contribution < -0.4 is 10.2 Å². The lowest BCUT2D eigenvalue weighted by molar-refractivity contribution is 0.0118. The zero-order valence-electron chi connectivity index (χ0n) is 17.6. The number of pyridine rings is 1. The number of benzene rings is 2. The van der Waals surface area contributed by atoms with Gasteiger partial charge >= 0.3 is 5.97 Å². The molecule has 1 saturated heterocycles. The first-order chi connectivity index (χ1) is 15.9. The van der Waals surface area contributed by atoms with Crippen molar-refractivity contribution in [2.75, 3.05) is 23.3 Å². The number of fused-ring (bicyclic) bond motifs is 1. The van der Waals surface area contributed by atoms with E-state index in [0.717, 1.165) is 11.3 Å². The van der Waals surface area contributed by atoms with Crippen LogP contribution in [0.25, 0.3) is 5.65 Å². The van der Waals surface area contributed by atoms with Crippen LogP contribution in [0.3, 0.4) is 0 Å². The van der Waals surface area contributed by atoms with Gasteiger partial charge in [0.15, 0.2) is 5.65 Å². The highest BCUT2D eigenvalue weighted by molar-refractivity contribution is 6.30. The van der Waals surface area contributed by atoms with Gasteiger partial charge in [0.05, 0.1) is 16.9 Å². The molecule has 0 bridgehead atoms.